The number of halogens is 1. The smallest absolute Gasteiger partial charge is 0.233 e. The molecule has 5 heteroatoms. The first kappa shape index (κ1) is 11.1. The molecular formula is C9H12BrN3O. The van der Waals surface area contributed by atoms with E-state index in [0.29, 0.717) is 13.1 Å². The van der Waals surface area contributed by atoms with E-state index in [2.05, 4.69) is 31.5 Å². The number of hydrogen-bond acceptors (Lipinski definition) is 3. The number of aromatic nitrogens is 1. The lowest BCUT2D eigenvalue weighted by molar-refractivity contribution is -0.119. The van der Waals surface area contributed by atoms with Crippen LogP contribution < -0.4 is 10.6 Å². The minimum atomic E-state index is -0.0204. The molecule has 0 aliphatic heterocycles. The summed E-state index contributed by atoms with van der Waals surface area (Å²) in [6, 6.07) is 1.96. The molecule has 2 N–H and O–H groups in total. The highest BCUT2D eigenvalue weighted by Crippen LogP contribution is 2.08. The second-order valence-electron chi connectivity index (χ2n) is 2.79. The van der Waals surface area contributed by atoms with E-state index in [1.165, 1.54) is 0 Å². The van der Waals surface area contributed by atoms with Gasteiger partial charge in [-0.25, -0.2) is 0 Å². The Kier molecular flexibility index (Phi) is 4.55. The lowest BCUT2D eigenvalue weighted by Crippen LogP contribution is -2.30. The molecule has 1 heterocycles. The van der Waals surface area contributed by atoms with Gasteiger partial charge in [0.05, 0.1) is 6.54 Å². The van der Waals surface area contributed by atoms with Crippen LogP contribution in [0.2, 0.25) is 0 Å². The molecule has 0 bridgehead atoms. The first-order valence-electron chi connectivity index (χ1n) is 4.23. The van der Waals surface area contributed by atoms with Crippen molar-refractivity contribution in [2.45, 2.75) is 6.54 Å². The number of hydrogen-bond donors (Lipinski definition) is 2. The maximum absolute atomic E-state index is 10.9. The highest BCUT2D eigenvalue weighted by Gasteiger charge is 1.97. The van der Waals surface area contributed by atoms with Gasteiger partial charge in [0, 0.05) is 30.5 Å². The van der Waals surface area contributed by atoms with Gasteiger partial charge in [-0.3, -0.25) is 9.78 Å². The largest absolute Gasteiger partial charge is 0.358 e. The summed E-state index contributed by atoms with van der Waals surface area (Å²) in [6.45, 7) is 0.961. The molecule has 76 valence electrons. The summed E-state index contributed by atoms with van der Waals surface area (Å²) in [5, 5.41) is 5.54. The molecule has 0 aliphatic rings. The highest BCUT2D eigenvalue weighted by atomic mass is 79.9. The molecule has 0 fully saturated rings. The van der Waals surface area contributed by atoms with Crippen LogP contribution in [0.15, 0.2) is 22.9 Å². The predicted molar refractivity (Wildman–Crippen MR) is 57.7 cm³/mol. The Morgan fingerprint density at radius 2 is 2.36 bits per heavy atom. The molecule has 1 amide bonds. The van der Waals surface area contributed by atoms with Gasteiger partial charge in [0.2, 0.25) is 5.91 Å². The Labute approximate surface area is 91.2 Å². The third-order valence-corrected chi connectivity index (χ3v) is 2.09. The standard InChI is InChI=1S/C9H12BrN3O/c1-11-9(14)6-13-4-7-2-8(10)5-12-3-7/h2-3,5,13H,4,6H2,1H3,(H,11,14). The summed E-state index contributed by atoms with van der Waals surface area (Å²) >= 11 is 3.33. The molecule has 14 heavy (non-hydrogen) atoms. The van der Waals surface area contributed by atoms with Crippen LogP contribution in [0.5, 0.6) is 0 Å². The number of amides is 1. The average molecular weight is 258 g/mol. The van der Waals surface area contributed by atoms with Gasteiger partial charge in [-0.05, 0) is 27.6 Å². The van der Waals surface area contributed by atoms with Crippen molar-refractivity contribution >= 4 is 21.8 Å². The maximum Gasteiger partial charge on any atom is 0.233 e. The monoisotopic (exact) mass is 257 g/mol. The van der Waals surface area contributed by atoms with Gasteiger partial charge in [0.1, 0.15) is 0 Å². The molecule has 0 unspecified atom stereocenters. The van der Waals surface area contributed by atoms with Crippen LogP contribution in [0.25, 0.3) is 0 Å². The zero-order valence-corrected chi connectivity index (χ0v) is 9.47. The maximum atomic E-state index is 10.9. The molecule has 0 spiro atoms. The van der Waals surface area contributed by atoms with Crippen molar-refractivity contribution in [3.63, 3.8) is 0 Å². The molecule has 0 saturated heterocycles. The summed E-state index contributed by atoms with van der Waals surface area (Å²) in [6.07, 6.45) is 3.49. The molecule has 0 radical (unpaired) electrons. The molecule has 1 aromatic rings. The minimum absolute atomic E-state index is 0.0204. The zero-order chi connectivity index (χ0) is 10.4. The summed E-state index contributed by atoms with van der Waals surface area (Å²) in [7, 11) is 1.62. The van der Waals surface area contributed by atoms with Crippen molar-refractivity contribution in [1.82, 2.24) is 15.6 Å². The van der Waals surface area contributed by atoms with Crippen molar-refractivity contribution < 1.29 is 4.79 Å². The SMILES string of the molecule is CNC(=O)CNCc1cncc(Br)c1. The van der Waals surface area contributed by atoms with Crippen molar-refractivity contribution in [1.29, 1.82) is 0 Å². The Bertz CT molecular complexity index is 317. The summed E-state index contributed by atoms with van der Waals surface area (Å²) in [5.41, 5.74) is 1.04. The van der Waals surface area contributed by atoms with Crippen molar-refractivity contribution in [2.24, 2.45) is 0 Å². The van der Waals surface area contributed by atoms with Crippen molar-refractivity contribution in [3.05, 3.63) is 28.5 Å². The van der Waals surface area contributed by atoms with Crippen molar-refractivity contribution in [3.8, 4) is 0 Å². The summed E-state index contributed by atoms with van der Waals surface area (Å²) in [4.78, 5) is 14.9. The quantitative estimate of drug-likeness (QED) is 0.835. The van der Waals surface area contributed by atoms with Gasteiger partial charge in [-0.2, -0.15) is 0 Å². The number of carbonyl (C=O) groups is 1. The van der Waals surface area contributed by atoms with Gasteiger partial charge < -0.3 is 10.6 Å². The second kappa shape index (κ2) is 5.72. The molecule has 1 rings (SSSR count). The van der Waals surface area contributed by atoms with Crippen LogP contribution >= 0.6 is 15.9 Å². The van der Waals surface area contributed by atoms with Crippen LogP contribution in [0, 0.1) is 0 Å². The number of likely N-dealkylation sites (N-methyl/N-ethyl adjacent to an activating group) is 1. The molecule has 0 aromatic carbocycles. The molecule has 0 aliphatic carbocycles. The molecule has 1 aromatic heterocycles. The Balaban J connectivity index is 2.35. The normalized spacial score (nSPS) is 9.86. The molecule has 4 nitrogen and oxygen atoms in total. The van der Waals surface area contributed by atoms with Crippen LogP contribution in [-0.4, -0.2) is 24.5 Å². The van der Waals surface area contributed by atoms with Gasteiger partial charge in [0.15, 0.2) is 0 Å². The fourth-order valence-electron chi connectivity index (χ4n) is 0.961. The van der Waals surface area contributed by atoms with Crippen LogP contribution in [0.1, 0.15) is 5.56 Å². The Hall–Kier alpha value is -0.940. The topological polar surface area (TPSA) is 54.0 Å². The Morgan fingerprint density at radius 1 is 1.57 bits per heavy atom. The van der Waals surface area contributed by atoms with E-state index in [1.807, 2.05) is 6.07 Å². The predicted octanol–water partition coefficient (Wildman–Crippen LogP) is 0.680. The first-order valence-corrected chi connectivity index (χ1v) is 5.02. The number of rotatable bonds is 4. The van der Waals surface area contributed by atoms with E-state index in [1.54, 1.807) is 19.4 Å². The number of carbonyl (C=O) groups excluding carboxylic acids is 1. The highest BCUT2D eigenvalue weighted by molar-refractivity contribution is 9.10. The van der Waals surface area contributed by atoms with Crippen LogP contribution in [0.3, 0.4) is 0 Å². The van der Waals surface area contributed by atoms with Crippen molar-refractivity contribution in [2.75, 3.05) is 13.6 Å². The number of pyridine rings is 1. The Morgan fingerprint density at radius 3 is 3.00 bits per heavy atom. The fraction of sp³-hybridized carbons (Fsp3) is 0.333. The number of nitrogens with one attached hydrogen (secondary N) is 2. The third kappa shape index (κ3) is 3.85. The van der Waals surface area contributed by atoms with Gasteiger partial charge in [0.25, 0.3) is 0 Å². The lowest BCUT2D eigenvalue weighted by atomic mass is 10.3. The molecule has 0 atom stereocenters. The van der Waals surface area contributed by atoms with E-state index < -0.39 is 0 Å². The van der Waals surface area contributed by atoms with E-state index in [0.717, 1.165) is 10.0 Å². The minimum Gasteiger partial charge on any atom is -0.358 e. The van der Waals surface area contributed by atoms with E-state index in [4.69, 9.17) is 0 Å². The van der Waals surface area contributed by atoms with Crippen LogP contribution in [-0.2, 0) is 11.3 Å². The molecule has 0 saturated carbocycles. The zero-order valence-electron chi connectivity index (χ0n) is 7.88. The van der Waals surface area contributed by atoms with E-state index >= 15 is 0 Å². The summed E-state index contributed by atoms with van der Waals surface area (Å²) < 4.78 is 0.941. The average Bonchev–Trinajstić information content (AvgIpc) is 2.17. The van der Waals surface area contributed by atoms with E-state index in [9.17, 15) is 4.79 Å². The van der Waals surface area contributed by atoms with E-state index in [-0.39, 0.29) is 5.91 Å². The molecular weight excluding hydrogens is 246 g/mol. The second-order valence-corrected chi connectivity index (χ2v) is 3.70. The lowest BCUT2D eigenvalue weighted by Gasteiger charge is -2.03. The summed E-state index contributed by atoms with van der Waals surface area (Å²) in [5.74, 6) is -0.0204. The third-order valence-electron chi connectivity index (χ3n) is 1.66. The van der Waals surface area contributed by atoms with Gasteiger partial charge in [-0.1, -0.05) is 0 Å². The van der Waals surface area contributed by atoms with Gasteiger partial charge in [-0.15, -0.1) is 0 Å². The number of nitrogens with zero attached hydrogens (tertiary/aromatic N) is 1. The first-order chi connectivity index (χ1) is 6.72. The van der Waals surface area contributed by atoms with Crippen LogP contribution in [0.4, 0.5) is 0 Å². The fourth-order valence-corrected chi connectivity index (χ4v) is 1.37. The van der Waals surface area contributed by atoms with Gasteiger partial charge >= 0.3 is 0 Å².